The zero-order chi connectivity index (χ0) is 10.8. The molecule has 78 valence electrons. The first-order valence-electron chi connectivity index (χ1n) is 4.71. The van der Waals surface area contributed by atoms with Gasteiger partial charge < -0.3 is 4.74 Å². The Labute approximate surface area is 88.9 Å². The van der Waals surface area contributed by atoms with Crippen molar-refractivity contribution in [1.82, 2.24) is 0 Å². The molecule has 0 unspecified atom stereocenters. The van der Waals surface area contributed by atoms with Crippen LogP contribution in [0.3, 0.4) is 0 Å². The Bertz CT molecular complexity index is 326. The molecule has 0 aliphatic rings. The molecule has 1 rings (SSSR count). The van der Waals surface area contributed by atoms with E-state index >= 15 is 0 Å². The van der Waals surface area contributed by atoms with E-state index in [-0.39, 0.29) is 5.97 Å². The number of thiophene rings is 1. The molecule has 0 N–H and O–H groups in total. The lowest BCUT2D eigenvalue weighted by atomic mass is 9.86. The monoisotopic (exact) mass is 212 g/mol. The summed E-state index contributed by atoms with van der Waals surface area (Å²) in [5, 5.41) is 2.02. The average molecular weight is 212 g/mol. The molecule has 14 heavy (non-hydrogen) atoms. The fourth-order valence-electron chi connectivity index (χ4n) is 1.20. The second kappa shape index (κ2) is 4.13. The summed E-state index contributed by atoms with van der Waals surface area (Å²) in [6.07, 6.45) is 0. The van der Waals surface area contributed by atoms with Gasteiger partial charge in [-0.05, 0) is 44.7 Å². The van der Waals surface area contributed by atoms with Crippen molar-refractivity contribution in [2.45, 2.75) is 33.1 Å². The van der Waals surface area contributed by atoms with Crippen LogP contribution >= 0.6 is 11.3 Å². The van der Waals surface area contributed by atoms with E-state index < -0.39 is 5.41 Å². The number of hydrogen-bond acceptors (Lipinski definition) is 3. The highest BCUT2D eigenvalue weighted by Crippen LogP contribution is 2.28. The fourth-order valence-corrected chi connectivity index (χ4v) is 2.07. The standard InChI is InChI=1S/C11H16O2S/c1-5-13-10(12)11(3,4)9-6-8(2)14-7-9/h6-7H,5H2,1-4H3. The number of carbonyl (C=O) groups excluding carboxylic acids is 1. The summed E-state index contributed by atoms with van der Waals surface area (Å²) in [5.41, 5.74) is 0.513. The molecule has 0 bridgehead atoms. The van der Waals surface area contributed by atoms with Crippen LogP contribution in [0, 0.1) is 6.92 Å². The van der Waals surface area contributed by atoms with Crippen molar-refractivity contribution in [3.05, 3.63) is 21.9 Å². The molecule has 0 saturated heterocycles. The van der Waals surface area contributed by atoms with E-state index in [0.717, 1.165) is 5.56 Å². The van der Waals surface area contributed by atoms with Gasteiger partial charge in [-0.15, -0.1) is 11.3 Å². The van der Waals surface area contributed by atoms with Gasteiger partial charge in [0.2, 0.25) is 0 Å². The third-order valence-corrected chi connectivity index (χ3v) is 3.10. The highest BCUT2D eigenvalue weighted by atomic mass is 32.1. The van der Waals surface area contributed by atoms with Gasteiger partial charge >= 0.3 is 5.97 Å². The molecule has 0 spiro atoms. The van der Waals surface area contributed by atoms with Gasteiger partial charge in [0.05, 0.1) is 12.0 Å². The molecule has 2 nitrogen and oxygen atoms in total. The van der Waals surface area contributed by atoms with E-state index in [1.807, 2.05) is 39.1 Å². The lowest BCUT2D eigenvalue weighted by molar-refractivity contribution is -0.148. The molecule has 1 heterocycles. The van der Waals surface area contributed by atoms with Crippen LogP contribution in [0.1, 0.15) is 31.2 Å². The molecule has 1 aromatic heterocycles. The smallest absolute Gasteiger partial charge is 0.316 e. The summed E-state index contributed by atoms with van der Waals surface area (Å²) in [5.74, 6) is -0.155. The van der Waals surface area contributed by atoms with Crippen LogP contribution in [-0.4, -0.2) is 12.6 Å². The summed E-state index contributed by atoms with van der Waals surface area (Å²) in [6.45, 7) is 8.09. The Kier molecular flexibility index (Phi) is 3.32. The van der Waals surface area contributed by atoms with E-state index in [1.165, 1.54) is 4.88 Å². The average Bonchev–Trinajstić information content (AvgIpc) is 2.52. The molecule has 0 fully saturated rings. The highest BCUT2D eigenvalue weighted by Gasteiger charge is 2.31. The lowest BCUT2D eigenvalue weighted by Crippen LogP contribution is -2.30. The summed E-state index contributed by atoms with van der Waals surface area (Å²) < 4.78 is 5.04. The quantitative estimate of drug-likeness (QED) is 0.720. The lowest BCUT2D eigenvalue weighted by Gasteiger charge is -2.20. The molecule has 1 aromatic rings. The summed E-state index contributed by atoms with van der Waals surface area (Å²) >= 11 is 1.66. The molecule has 0 radical (unpaired) electrons. The second-order valence-electron chi connectivity index (χ2n) is 3.79. The van der Waals surface area contributed by atoms with Crippen LogP contribution in [-0.2, 0) is 14.9 Å². The fraction of sp³-hybridized carbons (Fsp3) is 0.545. The van der Waals surface area contributed by atoms with Gasteiger partial charge in [0.1, 0.15) is 0 Å². The molecule has 0 aromatic carbocycles. The third-order valence-electron chi connectivity index (χ3n) is 2.24. The van der Waals surface area contributed by atoms with Crippen LogP contribution < -0.4 is 0 Å². The first-order chi connectivity index (χ1) is 6.48. The summed E-state index contributed by atoms with van der Waals surface area (Å²) in [7, 11) is 0. The summed E-state index contributed by atoms with van der Waals surface area (Å²) in [4.78, 5) is 12.9. The van der Waals surface area contributed by atoms with Gasteiger partial charge in [-0.1, -0.05) is 0 Å². The van der Waals surface area contributed by atoms with Gasteiger partial charge in [0.25, 0.3) is 0 Å². The predicted molar refractivity (Wildman–Crippen MR) is 58.7 cm³/mol. The van der Waals surface area contributed by atoms with Crippen molar-refractivity contribution in [3.63, 3.8) is 0 Å². The number of hydrogen-bond donors (Lipinski definition) is 0. The Morgan fingerprint density at radius 2 is 2.21 bits per heavy atom. The maximum absolute atomic E-state index is 11.7. The molecule has 0 saturated carbocycles. The first-order valence-corrected chi connectivity index (χ1v) is 5.59. The zero-order valence-corrected chi connectivity index (χ0v) is 9.90. The Morgan fingerprint density at radius 1 is 1.57 bits per heavy atom. The number of aryl methyl sites for hydroxylation is 1. The molecule has 3 heteroatoms. The predicted octanol–water partition coefficient (Wildman–Crippen LogP) is 2.90. The Balaban J connectivity index is 2.89. The summed E-state index contributed by atoms with van der Waals surface area (Å²) in [6, 6.07) is 2.04. The molecule has 0 amide bonds. The van der Waals surface area contributed by atoms with Gasteiger partial charge in [-0.2, -0.15) is 0 Å². The minimum Gasteiger partial charge on any atom is -0.465 e. The number of carbonyl (C=O) groups is 1. The van der Waals surface area contributed by atoms with Gasteiger partial charge in [0.15, 0.2) is 0 Å². The van der Waals surface area contributed by atoms with Crippen LogP contribution in [0.4, 0.5) is 0 Å². The Morgan fingerprint density at radius 3 is 2.64 bits per heavy atom. The molecule has 0 aliphatic heterocycles. The first kappa shape index (κ1) is 11.2. The minimum atomic E-state index is -0.527. The third kappa shape index (κ3) is 2.15. The largest absolute Gasteiger partial charge is 0.465 e. The van der Waals surface area contributed by atoms with Crippen LogP contribution in [0.15, 0.2) is 11.4 Å². The van der Waals surface area contributed by atoms with Crippen molar-refractivity contribution in [3.8, 4) is 0 Å². The van der Waals surface area contributed by atoms with Crippen LogP contribution in [0.5, 0.6) is 0 Å². The van der Waals surface area contributed by atoms with Crippen LogP contribution in [0.25, 0.3) is 0 Å². The van der Waals surface area contributed by atoms with Gasteiger partial charge in [-0.25, -0.2) is 0 Å². The van der Waals surface area contributed by atoms with E-state index in [9.17, 15) is 4.79 Å². The molecular formula is C11H16O2S. The number of ether oxygens (including phenoxy) is 1. The Hall–Kier alpha value is -0.830. The topological polar surface area (TPSA) is 26.3 Å². The molecular weight excluding hydrogens is 196 g/mol. The van der Waals surface area contributed by atoms with E-state index in [1.54, 1.807) is 11.3 Å². The van der Waals surface area contributed by atoms with Gasteiger partial charge in [0, 0.05) is 4.88 Å². The number of rotatable bonds is 3. The van der Waals surface area contributed by atoms with Crippen LogP contribution in [0.2, 0.25) is 0 Å². The van der Waals surface area contributed by atoms with Gasteiger partial charge in [-0.3, -0.25) is 4.79 Å². The van der Waals surface area contributed by atoms with Crippen molar-refractivity contribution in [1.29, 1.82) is 0 Å². The van der Waals surface area contributed by atoms with E-state index in [2.05, 4.69) is 0 Å². The SMILES string of the molecule is CCOC(=O)C(C)(C)c1csc(C)c1. The van der Waals surface area contributed by atoms with Crippen molar-refractivity contribution >= 4 is 17.3 Å². The van der Waals surface area contributed by atoms with Crippen molar-refractivity contribution in [2.24, 2.45) is 0 Å². The van der Waals surface area contributed by atoms with Crippen molar-refractivity contribution < 1.29 is 9.53 Å². The van der Waals surface area contributed by atoms with Crippen molar-refractivity contribution in [2.75, 3.05) is 6.61 Å². The van der Waals surface area contributed by atoms with E-state index in [0.29, 0.717) is 6.61 Å². The molecule has 0 atom stereocenters. The zero-order valence-electron chi connectivity index (χ0n) is 9.09. The normalized spacial score (nSPS) is 11.4. The second-order valence-corrected chi connectivity index (χ2v) is 4.91. The maximum Gasteiger partial charge on any atom is 0.316 e. The number of esters is 1. The minimum absolute atomic E-state index is 0.155. The molecule has 0 aliphatic carbocycles. The highest BCUT2D eigenvalue weighted by molar-refractivity contribution is 7.10. The van der Waals surface area contributed by atoms with E-state index in [4.69, 9.17) is 4.74 Å². The maximum atomic E-state index is 11.7.